The molecule has 2 aromatic rings. The van der Waals surface area contributed by atoms with Crippen molar-refractivity contribution in [1.29, 1.82) is 0 Å². The maximum atomic E-state index is 13.1. The zero-order valence-electron chi connectivity index (χ0n) is 36.5. The summed E-state index contributed by atoms with van der Waals surface area (Å²) in [6.07, 6.45) is 16.3. The smallest absolute Gasteiger partial charge is 0.330 e. The third kappa shape index (κ3) is 16.6. The molecule has 13 heteroatoms. The molecular formula is C50H64O13. The van der Waals surface area contributed by atoms with Gasteiger partial charge in [0.15, 0.2) is 0 Å². The Hall–Kier alpha value is -5.46. The number of rotatable bonds is 23. The van der Waals surface area contributed by atoms with Crippen molar-refractivity contribution in [3.63, 3.8) is 0 Å². The quantitative estimate of drug-likeness (QED) is 0.0341. The Bertz CT molecular complexity index is 1800. The third-order valence-corrected chi connectivity index (χ3v) is 12.5. The second-order valence-electron chi connectivity index (χ2n) is 16.9. The van der Waals surface area contributed by atoms with E-state index in [9.17, 15) is 28.8 Å². The van der Waals surface area contributed by atoms with Gasteiger partial charge in [-0.1, -0.05) is 13.2 Å². The van der Waals surface area contributed by atoms with Crippen molar-refractivity contribution in [2.45, 2.75) is 116 Å². The van der Waals surface area contributed by atoms with E-state index in [1.807, 2.05) is 0 Å². The lowest BCUT2D eigenvalue weighted by atomic mass is 9.69. The lowest BCUT2D eigenvalue weighted by Crippen LogP contribution is -2.31. The summed E-state index contributed by atoms with van der Waals surface area (Å²) in [7, 11) is 0. The maximum absolute atomic E-state index is 13.1. The summed E-state index contributed by atoms with van der Waals surface area (Å²) in [6.45, 7) is 8.29. The fraction of sp³-hybridized carbons (Fsp3) is 0.560. The van der Waals surface area contributed by atoms with Crippen LogP contribution < -0.4 is 18.9 Å². The molecule has 3 fully saturated rings. The van der Waals surface area contributed by atoms with Gasteiger partial charge in [0.25, 0.3) is 0 Å². The minimum atomic E-state index is -0.451. The van der Waals surface area contributed by atoms with E-state index in [-0.39, 0.29) is 54.2 Å². The summed E-state index contributed by atoms with van der Waals surface area (Å²) >= 11 is 0. The first kappa shape index (κ1) is 48.6. The molecule has 0 radical (unpaired) electrons. The molecule has 0 aromatic heterocycles. The van der Waals surface area contributed by atoms with Gasteiger partial charge in [-0.25, -0.2) is 9.59 Å². The highest BCUT2D eigenvalue weighted by Gasteiger charge is 2.36. The van der Waals surface area contributed by atoms with Crippen LogP contribution in [0.4, 0.5) is 0 Å². The van der Waals surface area contributed by atoms with Crippen molar-refractivity contribution in [2.24, 2.45) is 35.5 Å². The first-order chi connectivity index (χ1) is 30.6. The molecule has 0 unspecified atom stereocenters. The molecule has 0 amide bonds. The number of esters is 6. The minimum absolute atomic E-state index is 0.0684. The van der Waals surface area contributed by atoms with Gasteiger partial charge in [0, 0.05) is 12.2 Å². The van der Waals surface area contributed by atoms with E-state index >= 15 is 0 Å². The number of carbonyl (C=O) groups is 6. The van der Waals surface area contributed by atoms with E-state index in [1.165, 1.54) is 0 Å². The van der Waals surface area contributed by atoms with Crippen LogP contribution in [0.25, 0.3) is 0 Å². The van der Waals surface area contributed by atoms with Crippen LogP contribution in [-0.4, -0.2) is 62.2 Å². The van der Waals surface area contributed by atoms with Crippen LogP contribution in [0.15, 0.2) is 73.8 Å². The minimum Gasteiger partial charge on any atom is -0.494 e. The number of benzene rings is 2. The van der Waals surface area contributed by atoms with Crippen molar-refractivity contribution in [3.8, 4) is 23.0 Å². The monoisotopic (exact) mass is 872 g/mol. The molecular weight excluding hydrogens is 809 g/mol. The number of hydrogen-bond acceptors (Lipinski definition) is 13. The predicted octanol–water partition coefficient (Wildman–Crippen LogP) is 9.24. The fourth-order valence-electron chi connectivity index (χ4n) is 8.70. The first-order valence-electron chi connectivity index (χ1n) is 22.8. The van der Waals surface area contributed by atoms with Gasteiger partial charge in [-0.15, -0.1) is 0 Å². The summed E-state index contributed by atoms with van der Waals surface area (Å²) in [5.41, 5.74) is 0. The van der Waals surface area contributed by atoms with Crippen LogP contribution >= 0.6 is 0 Å². The molecule has 13 nitrogen and oxygen atoms in total. The second kappa shape index (κ2) is 26.2. The molecule has 5 rings (SSSR count). The van der Waals surface area contributed by atoms with Gasteiger partial charge in [-0.05, 0) is 176 Å². The van der Waals surface area contributed by atoms with Gasteiger partial charge >= 0.3 is 35.8 Å². The van der Waals surface area contributed by atoms with Gasteiger partial charge in [0.2, 0.25) is 0 Å². The van der Waals surface area contributed by atoms with Crippen molar-refractivity contribution in [2.75, 3.05) is 26.4 Å². The lowest BCUT2D eigenvalue weighted by Gasteiger charge is -2.36. The van der Waals surface area contributed by atoms with Crippen LogP contribution in [0.2, 0.25) is 0 Å². The Morgan fingerprint density at radius 2 is 0.698 bits per heavy atom. The van der Waals surface area contributed by atoms with E-state index in [1.54, 1.807) is 48.5 Å². The van der Waals surface area contributed by atoms with E-state index in [0.29, 0.717) is 93.2 Å². The van der Waals surface area contributed by atoms with Crippen LogP contribution in [0.3, 0.4) is 0 Å². The van der Waals surface area contributed by atoms with Crippen molar-refractivity contribution in [1.82, 2.24) is 0 Å². The molecule has 0 heterocycles. The first-order valence-corrected chi connectivity index (χ1v) is 22.8. The van der Waals surface area contributed by atoms with Gasteiger partial charge in [0.1, 0.15) is 23.0 Å². The van der Waals surface area contributed by atoms with E-state index in [0.717, 1.165) is 89.2 Å². The number of ether oxygens (including phenoxy) is 7. The molecule has 63 heavy (non-hydrogen) atoms. The number of unbranched alkanes of at least 4 members (excludes halogenated alkanes) is 4. The Morgan fingerprint density at radius 3 is 1.08 bits per heavy atom. The van der Waals surface area contributed by atoms with Gasteiger partial charge in [-0.2, -0.15) is 0 Å². The Labute approximate surface area is 371 Å². The van der Waals surface area contributed by atoms with E-state index in [4.69, 9.17) is 33.2 Å². The molecule has 0 N–H and O–H groups in total. The average molecular weight is 873 g/mol. The third-order valence-electron chi connectivity index (χ3n) is 12.5. The standard InChI is InChI=1S/C50H64O13/c1-3-45(51)58-32-8-6-5-7-31-57-41-23-25-42(26-24-41)61-49(55)39-19-21-40(22-20-39)50(56)63-44-29-27-43(28-30-44)62-48(54)38-17-13-36(14-18-38)35-11-15-37(16-12-35)47(53)60-34-10-9-33-59-46(52)4-2/h3-4,23-30,35-40H,1-2,5-22,31-34H2. The molecule has 0 saturated heterocycles. The summed E-state index contributed by atoms with van der Waals surface area (Å²) in [5.74, 6) is 0.204. The van der Waals surface area contributed by atoms with Crippen LogP contribution in [0.5, 0.6) is 23.0 Å². The average Bonchev–Trinajstić information content (AvgIpc) is 3.31. The fourth-order valence-corrected chi connectivity index (χ4v) is 8.70. The molecule has 0 atom stereocenters. The predicted molar refractivity (Wildman–Crippen MR) is 233 cm³/mol. The molecule has 0 bridgehead atoms. The van der Waals surface area contributed by atoms with E-state index in [2.05, 4.69) is 13.2 Å². The zero-order valence-corrected chi connectivity index (χ0v) is 36.5. The highest BCUT2D eigenvalue weighted by atomic mass is 16.6. The SMILES string of the molecule is C=CC(=O)OCCCCCCOc1ccc(OC(=O)C2CCC(C(=O)Oc3ccc(OC(=O)C4CCC(C5CCC(C(=O)OCCCCOC(=O)C=C)CC5)CC4)cc3)CC2)cc1. The van der Waals surface area contributed by atoms with Crippen molar-refractivity contribution in [3.05, 3.63) is 73.8 Å². The van der Waals surface area contributed by atoms with Gasteiger partial charge in [-0.3, -0.25) is 19.2 Å². The Balaban J connectivity index is 0.909. The second-order valence-corrected chi connectivity index (χ2v) is 16.9. The summed E-state index contributed by atoms with van der Waals surface area (Å²) < 4.78 is 38.2. The molecule has 2 aromatic carbocycles. The highest BCUT2D eigenvalue weighted by Crippen LogP contribution is 2.42. The van der Waals surface area contributed by atoms with E-state index < -0.39 is 11.9 Å². The molecule has 342 valence electrons. The summed E-state index contributed by atoms with van der Waals surface area (Å²) in [5, 5.41) is 0. The Kier molecular flexibility index (Phi) is 20.2. The van der Waals surface area contributed by atoms with Crippen molar-refractivity contribution < 1.29 is 61.9 Å². The topological polar surface area (TPSA) is 167 Å². The van der Waals surface area contributed by atoms with Crippen LogP contribution in [0, 0.1) is 35.5 Å². The summed E-state index contributed by atoms with van der Waals surface area (Å²) in [6, 6.07) is 13.5. The molecule has 0 aliphatic heterocycles. The molecule has 3 saturated carbocycles. The molecule has 0 spiro atoms. The normalized spacial score (nSPS) is 22.0. The molecule has 3 aliphatic rings. The Morgan fingerprint density at radius 1 is 0.397 bits per heavy atom. The largest absolute Gasteiger partial charge is 0.494 e. The number of hydrogen-bond donors (Lipinski definition) is 0. The van der Waals surface area contributed by atoms with Gasteiger partial charge < -0.3 is 33.2 Å². The lowest BCUT2D eigenvalue weighted by molar-refractivity contribution is -0.151. The van der Waals surface area contributed by atoms with Crippen molar-refractivity contribution >= 4 is 35.8 Å². The molecule has 3 aliphatic carbocycles. The highest BCUT2D eigenvalue weighted by molar-refractivity contribution is 5.81. The zero-order chi connectivity index (χ0) is 44.8. The van der Waals surface area contributed by atoms with Crippen LogP contribution in [-0.2, 0) is 43.0 Å². The van der Waals surface area contributed by atoms with Crippen LogP contribution in [0.1, 0.15) is 116 Å². The maximum Gasteiger partial charge on any atom is 0.330 e. The number of carbonyl (C=O) groups excluding carboxylic acids is 6. The summed E-state index contributed by atoms with van der Waals surface area (Å²) in [4.78, 5) is 73.7. The van der Waals surface area contributed by atoms with Gasteiger partial charge in [0.05, 0.1) is 50.1 Å².